The molecule has 0 bridgehead atoms. The second-order valence-electron chi connectivity index (χ2n) is 6.01. The SMILES string of the molecule is COc1ccc(Cn2ncc3cc(C(=O)NCCCN)cnc32)c(OC)c1.Cl.Cl. The molecule has 0 spiro atoms. The third-order valence-electron chi connectivity index (χ3n) is 4.22. The first-order valence-electron chi connectivity index (χ1n) is 8.67. The van der Waals surface area contributed by atoms with Gasteiger partial charge < -0.3 is 20.5 Å². The fourth-order valence-electron chi connectivity index (χ4n) is 2.76. The predicted molar refractivity (Wildman–Crippen MR) is 117 cm³/mol. The Morgan fingerprint density at radius 2 is 1.97 bits per heavy atom. The standard InChI is InChI=1S/C19H23N5O3.2ClH/c1-26-16-5-4-13(17(9-16)27-2)12-24-18-14(11-23-24)8-15(10-22-18)19(25)21-7-3-6-20;;/h4-5,8-11H,3,6-7,12,20H2,1-2H3,(H,21,25);2*1H. The number of pyridine rings is 1. The molecular weight excluding hydrogens is 417 g/mol. The van der Waals surface area contributed by atoms with Crippen LogP contribution in [0, 0.1) is 0 Å². The maximum atomic E-state index is 12.2. The molecule has 29 heavy (non-hydrogen) atoms. The van der Waals surface area contributed by atoms with Crippen LogP contribution in [0.25, 0.3) is 11.0 Å². The number of benzene rings is 1. The van der Waals surface area contributed by atoms with Gasteiger partial charge in [0.15, 0.2) is 5.65 Å². The number of hydrogen-bond acceptors (Lipinski definition) is 6. The number of hydrogen-bond donors (Lipinski definition) is 2. The zero-order valence-corrected chi connectivity index (χ0v) is 17.9. The first-order chi connectivity index (χ1) is 13.2. The summed E-state index contributed by atoms with van der Waals surface area (Å²) in [6.07, 6.45) is 4.00. The molecule has 0 aliphatic carbocycles. The number of carbonyl (C=O) groups is 1. The summed E-state index contributed by atoms with van der Waals surface area (Å²) in [5.74, 6) is 1.28. The van der Waals surface area contributed by atoms with Crippen LogP contribution in [0.15, 0.2) is 36.7 Å². The van der Waals surface area contributed by atoms with Crippen LogP contribution in [-0.2, 0) is 6.54 Å². The van der Waals surface area contributed by atoms with E-state index in [4.69, 9.17) is 15.2 Å². The Morgan fingerprint density at radius 1 is 1.17 bits per heavy atom. The van der Waals surface area contributed by atoms with Crippen LogP contribution in [0.5, 0.6) is 11.5 Å². The van der Waals surface area contributed by atoms with Crippen molar-refractivity contribution in [1.29, 1.82) is 0 Å². The predicted octanol–water partition coefficient (Wildman–Crippen LogP) is 2.42. The van der Waals surface area contributed by atoms with E-state index in [1.807, 2.05) is 18.2 Å². The molecule has 0 saturated carbocycles. The lowest BCUT2D eigenvalue weighted by Gasteiger charge is -2.11. The van der Waals surface area contributed by atoms with Crippen LogP contribution in [0.2, 0.25) is 0 Å². The zero-order valence-electron chi connectivity index (χ0n) is 16.3. The van der Waals surface area contributed by atoms with Crippen LogP contribution < -0.4 is 20.5 Å². The van der Waals surface area contributed by atoms with Gasteiger partial charge in [0.1, 0.15) is 11.5 Å². The number of fused-ring (bicyclic) bond motifs is 1. The summed E-state index contributed by atoms with van der Waals surface area (Å²) in [6.45, 7) is 1.58. The van der Waals surface area contributed by atoms with Crippen molar-refractivity contribution in [3.8, 4) is 11.5 Å². The number of nitrogens with two attached hydrogens (primary N) is 1. The summed E-state index contributed by atoms with van der Waals surface area (Å²) >= 11 is 0. The number of aromatic nitrogens is 3. The van der Waals surface area contributed by atoms with Crippen molar-refractivity contribution >= 4 is 41.8 Å². The Balaban J connectivity index is 0.00000210. The normalized spacial score (nSPS) is 10.0. The fourth-order valence-corrected chi connectivity index (χ4v) is 2.76. The first-order valence-corrected chi connectivity index (χ1v) is 8.67. The van der Waals surface area contributed by atoms with Crippen LogP contribution in [-0.4, -0.2) is 48.0 Å². The summed E-state index contributed by atoms with van der Waals surface area (Å²) in [4.78, 5) is 16.6. The van der Waals surface area contributed by atoms with Gasteiger partial charge in [0, 0.05) is 29.8 Å². The number of amides is 1. The molecule has 0 aliphatic heterocycles. The molecule has 1 amide bonds. The Morgan fingerprint density at radius 3 is 2.66 bits per heavy atom. The molecule has 2 heterocycles. The molecule has 10 heteroatoms. The van der Waals surface area contributed by atoms with Gasteiger partial charge in [-0.2, -0.15) is 5.10 Å². The van der Waals surface area contributed by atoms with E-state index in [1.165, 1.54) is 0 Å². The molecule has 3 N–H and O–H groups in total. The number of carbonyl (C=O) groups excluding carboxylic acids is 1. The molecule has 0 aliphatic rings. The molecule has 0 radical (unpaired) electrons. The first kappa shape index (κ1) is 24.5. The highest BCUT2D eigenvalue weighted by atomic mass is 35.5. The highest BCUT2D eigenvalue weighted by molar-refractivity contribution is 5.96. The minimum atomic E-state index is -0.164. The lowest BCUT2D eigenvalue weighted by atomic mass is 10.2. The summed E-state index contributed by atoms with van der Waals surface area (Å²) in [5, 5.41) is 8.03. The van der Waals surface area contributed by atoms with Crippen molar-refractivity contribution in [2.45, 2.75) is 13.0 Å². The fraction of sp³-hybridized carbons (Fsp3) is 0.316. The van der Waals surface area contributed by atoms with Crippen LogP contribution in [0.1, 0.15) is 22.3 Å². The Hall–Kier alpha value is -2.55. The molecule has 8 nitrogen and oxygen atoms in total. The van der Waals surface area contributed by atoms with Gasteiger partial charge in [-0.05, 0) is 31.2 Å². The quantitative estimate of drug-likeness (QED) is 0.520. The van der Waals surface area contributed by atoms with Crippen molar-refractivity contribution in [2.75, 3.05) is 27.3 Å². The summed E-state index contributed by atoms with van der Waals surface area (Å²) < 4.78 is 12.4. The van der Waals surface area contributed by atoms with Crippen molar-refractivity contribution in [3.05, 3.63) is 47.8 Å². The van der Waals surface area contributed by atoms with Crippen LogP contribution in [0.4, 0.5) is 0 Å². The van der Waals surface area contributed by atoms with Gasteiger partial charge in [-0.15, -0.1) is 24.8 Å². The number of methoxy groups -OCH3 is 2. The van der Waals surface area contributed by atoms with Gasteiger partial charge >= 0.3 is 0 Å². The zero-order chi connectivity index (χ0) is 19.2. The smallest absolute Gasteiger partial charge is 0.252 e. The third kappa shape index (κ3) is 5.72. The Bertz CT molecular complexity index is 949. The van der Waals surface area contributed by atoms with Crippen LogP contribution in [0.3, 0.4) is 0 Å². The second-order valence-corrected chi connectivity index (χ2v) is 6.01. The van der Waals surface area contributed by atoms with E-state index >= 15 is 0 Å². The molecule has 0 fully saturated rings. The third-order valence-corrected chi connectivity index (χ3v) is 4.22. The highest BCUT2D eigenvalue weighted by Crippen LogP contribution is 2.26. The lowest BCUT2D eigenvalue weighted by molar-refractivity contribution is 0.0953. The molecule has 0 unspecified atom stereocenters. The number of nitrogens with one attached hydrogen (secondary N) is 1. The maximum absolute atomic E-state index is 12.2. The average Bonchev–Trinajstić information content (AvgIpc) is 3.10. The van der Waals surface area contributed by atoms with Gasteiger partial charge in [-0.3, -0.25) is 4.79 Å². The maximum Gasteiger partial charge on any atom is 0.252 e. The van der Waals surface area contributed by atoms with E-state index in [-0.39, 0.29) is 30.7 Å². The Kier molecular flexibility index (Phi) is 9.67. The molecular formula is C19H25Cl2N5O3. The molecule has 3 rings (SSSR count). The van der Waals surface area contributed by atoms with E-state index in [0.717, 1.165) is 23.1 Å². The molecule has 2 aromatic heterocycles. The van der Waals surface area contributed by atoms with Gasteiger partial charge in [-0.25, -0.2) is 9.67 Å². The summed E-state index contributed by atoms with van der Waals surface area (Å²) in [5.41, 5.74) is 7.59. The molecule has 158 valence electrons. The summed E-state index contributed by atoms with van der Waals surface area (Å²) in [6, 6.07) is 7.43. The minimum absolute atomic E-state index is 0. The van der Waals surface area contributed by atoms with Gasteiger partial charge in [0.05, 0.1) is 32.5 Å². The minimum Gasteiger partial charge on any atom is -0.497 e. The Labute approximate surface area is 181 Å². The monoisotopic (exact) mass is 441 g/mol. The molecule has 3 aromatic rings. The summed E-state index contributed by atoms with van der Waals surface area (Å²) in [7, 11) is 3.23. The largest absolute Gasteiger partial charge is 0.497 e. The topological polar surface area (TPSA) is 104 Å². The molecule has 0 saturated heterocycles. The molecule has 0 atom stereocenters. The van der Waals surface area contributed by atoms with Crippen LogP contribution >= 0.6 is 24.8 Å². The van der Waals surface area contributed by atoms with E-state index in [0.29, 0.717) is 36.6 Å². The number of halogens is 2. The van der Waals surface area contributed by atoms with Gasteiger partial charge in [0.2, 0.25) is 0 Å². The van der Waals surface area contributed by atoms with E-state index in [2.05, 4.69) is 15.4 Å². The van der Waals surface area contributed by atoms with E-state index in [1.54, 1.807) is 37.4 Å². The van der Waals surface area contributed by atoms with Crippen molar-refractivity contribution in [3.63, 3.8) is 0 Å². The van der Waals surface area contributed by atoms with Crippen molar-refractivity contribution in [1.82, 2.24) is 20.1 Å². The number of ether oxygens (including phenoxy) is 2. The molecule has 1 aromatic carbocycles. The van der Waals surface area contributed by atoms with E-state index in [9.17, 15) is 4.79 Å². The average molecular weight is 442 g/mol. The number of nitrogens with zero attached hydrogens (tertiary/aromatic N) is 3. The van der Waals surface area contributed by atoms with Gasteiger partial charge in [0.25, 0.3) is 5.91 Å². The highest BCUT2D eigenvalue weighted by Gasteiger charge is 2.12. The van der Waals surface area contributed by atoms with Gasteiger partial charge in [-0.1, -0.05) is 0 Å². The van der Waals surface area contributed by atoms with E-state index < -0.39 is 0 Å². The lowest BCUT2D eigenvalue weighted by Crippen LogP contribution is -2.26. The van der Waals surface area contributed by atoms with Crippen molar-refractivity contribution in [2.24, 2.45) is 5.73 Å². The number of rotatable bonds is 8. The second kappa shape index (κ2) is 11.5. The van der Waals surface area contributed by atoms with Crippen molar-refractivity contribution < 1.29 is 14.3 Å².